The average Bonchev–Trinajstić information content (AvgIpc) is 2.55. The number of hydrogen-bond donors (Lipinski definition) is 1. The molecule has 0 aromatic heterocycles. The third kappa shape index (κ3) is 4.94. The molecule has 0 aliphatic rings. The Labute approximate surface area is 149 Å². The molecule has 2 rings (SSSR count). The highest BCUT2D eigenvalue weighted by Gasteiger charge is 2.28. The second-order valence-corrected chi connectivity index (χ2v) is 6.23. The third-order valence-corrected chi connectivity index (χ3v) is 4.44. The first-order valence-corrected chi connectivity index (χ1v) is 8.11. The Morgan fingerprint density at radius 1 is 1.27 bits per heavy atom. The first kappa shape index (κ1) is 19.7. The zero-order valence-electron chi connectivity index (χ0n) is 13.3. The molecule has 0 bridgehead atoms. The van der Waals surface area contributed by atoms with Crippen LogP contribution in [-0.2, 0) is 0 Å². The molecule has 2 aromatic carbocycles. The molecule has 1 amide bonds. The van der Waals surface area contributed by atoms with Gasteiger partial charge in [-0.15, -0.1) is 11.8 Å². The van der Waals surface area contributed by atoms with Crippen LogP contribution in [0.5, 0.6) is 0 Å². The van der Waals surface area contributed by atoms with Crippen molar-refractivity contribution < 1.29 is 27.3 Å². The van der Waals surface area contributed by atoms with Gasteiger partial charge >= 0.3 is 6.18 Å². The minimum absolute atomic E-state index is 0.0930. The summed E-state index contributed by atoms with van der Waals surface area (Å²) in [5, 5.41) is 13.3. The maximum absolute atomic E-state index is 13.8. The molecule has 0 heterocycles. The number of hydrogen-bond acceptors (Lipinski definition) is 4. The largest absolute Gasteiger partial charge is 0.398 e. The van der Waals surface area contributed by atoms with Crippen molar-refractivity contribution in [1.82, 2.24) is 0 Å². The van der Waals surface area contributed by atoms with Crippen molar-refractivity contribution in [3.8, 4) is 0 Å². The normalized spacial score (nSPS) is 11.3. The standard InChI is InChI=1S/C16H12F4N2O3S/c1-9-11(17)6-10(7-13(9)22(24)25)15(23)21-12-4-2-3-5-14(12)26-8-16(18,19)20/h2-7H,8H2,1H3,(H,21,23). The van der Waals surface area contributed by atoms with Crippen LogP contribution in [-0.4, -0.2) is 22.8 Å². The Morgan fingerprint density at radius 3 is 2.54 bits per heavy atom. The van der Waals surface area contributed by atoms with Crippen molar-refractivity contribution in [2.24, 2.45) is 0 Å². The molecule has 0 saturated carbocycles. The Kier molecular flexibility index (Phi) is 5.86. The summed E-state index contributed by atoms with van der Waals surface area (Å²) in [5.74, 6) is -2.94. The summed E-state index contributed by atoms with van der Waals surface area (Å²) in [4.78, 5) is 22.6. The lowest BCUT2D eigenvalue weighted by Gasteiger charge is -2.12. The van der Waals surface area contributed by atoms with E-state index in [1.807, 2.05) is 0 Å². The van der Waals surface area contributed by atoms with E-state index in [0.29, 0.717) is 11.8 Å². The number of thioether (sulfide) groups is 1. The quantitative estimate of drug-likeness (QED) is 0.341. The fraction of sp³-hybridized carbons (Fsp3) is 0.188. The fourth-order valence-corrected chi connectivity index (χ4v) is 2.80. The first-order chi connectivity index (χ1) is 12.1. The van der Waals surface area contributed by atoms with Crippen molar-refractivity contribution in [3.63, 3.8) is 0 Å². The molecule has 26 heavy (non-hydrogen) atoms. The molecule has 1 N–H and O–H groups in total. The smallest absolute Gasteiger partial charge is 0.321 e. The number of benzene rings is 2. The number of nitro benzene ring substituents is 1. The summed E-state index contributed by atoms with van der Waals surface area (Å²) in [6.07, 6.45) is -4.39. The lowest BCUT2D eigenvalue weighted by Crippen LogP contribution is -2.15. The molecule has 0 radical (unpaired) electrons. The molecule has 0 spiro atoms. The van der Waals surface area contributed by atoms with Crippen LogP contribution in [0, 0.1) is 22.9 Å². The fourth-order valence-electron chi connectivity index (χ4n) is 2.03. The van der Waals surface area contributed by atoms with Gasteiger partial charge in [0.15, 0.2) is 0 Å². The SMILES string of the molecule is Cc1c(F)cc(C(=O)Nc2ccccc2SCC(F)(F)F)cc1[N+](=O)[O-]. The lowest BCUT2D eigenvalue weighted by atomic mass is 10.1. The topological polar surface area (TPSA) is 72.2 Å². The van der Waals surface area contributed by atoms with Crippen molar-refractivity contribution in [2.75, 3.05) is 11.1 Å². The van der Waals surface area contributed by atoms with Crippen LogP contribution in [0.3, 0.4) is 0 Å². The molecule has 10 heteroatoms. The minimum atomic E-state index is -4.39. The number of amides is 1. The number of anilines is 1. The Balaban J connectivity index is 2.27. The van der Waals surface area contributed by atoms with Crippen LogP contribution in [0.4, 0.5) is 28.9 Å². The molecule has 5 nitrogen and oxygen atoms in total. The summed E-state index contributed by atoms with van der Waals surface area (Å²) in [7, 11) is 0. The molecule has 0 unspecified atom stereocenters. The summed E-state index contributed by atoms with van der Waals surface area (Å²) < 4.78 is 51.0. The van der Waals surface area contributed by atoms with Crippen LogP contribution in [0.25, 0.3) is 0 Å². The second-order valence-electron chi connectivity index (χ2n) is 5.21. The second kappa shape index (κ2) is 7.73. The highest BCUT2D eigenvalue weighted by molar-refractivity contribution is 7.99. The number of halogens is 4. The molecular weight excluding hydrogens is 376 g/mol. The van der Waals surface area contributed by atoms with Gasteiger partial charge in [0, 0.05) is 16.5 Å². The van der Waals surface area contributed by atoms with Crippen molar-refractivity contribution >= 4 is 29.0 Å². The van der Waals surface area contributed by atoms with Gasteiger partial charge in [-0.05, 0) is 25.1 Å². The summed E-state index contributed by atoms with van der Waals surface area (Å²) in [6.45, 7) is 1.21. The number of para-hydroxylation sites is 1. The van der Waals surface area contributed by atoms with Gasteiger partial charge < -0.3 is 5.32 Å². The van der Waals surface area contributed by atoms with E-state index in [2.05, 4.69) is 5.32 Å². The molecule has 2 aromatic rings. The van der Waals surface area contributed by atoms with Crippen LogP contribution < -0.4 is 5.32 Å². The summed E-state index contributed by atoms with van der Waals surface area (Å²) in [6, 6.07) is 7.54. The van der Waals surface area contributed by atoms with E-state index in [-0.39, 0.29) is 21.7 Å². The zero-order chi connectivity index (χ0) is 19.5. The Hall–Kier alpha value is -2.62. The van der Waals surface area contributed by atoms with Crippen LogP contribution in [0.2, 0.25) is 0 Å². The molecular formula is C16H12F4N2O3S. The van der Waals surface area contributed by atoms with Crippen molar-refractivity contribution in [1.29, 1.82) is 0 Å². The molecule has 138 valence electrons. The Bertz CT molecular complexity index is 856. The van der Waals surface area contributed by atoms with Gasteiger partial charge in [-0.2, -0.15) is 13.2 Å². The molecule has 0 aliphatic carbocycles. The number of nitro groups is 1. The van der Waals surface area contributed by atoms with Gasteiger partial charge in [-0.3, -0.25) is 14.9 Å². The van der Waals surface area contributed by atoms with E-state index < -0.39 is 34.3 Å². The van der Waals surface area contributed by atoms with E-state index >= 15 is 0 Å². The number of rotatable bonds is 5. The van der Waals surface area contributed by atoms with Crippen LogP contribution in [0.1, 0.15) is 15.9 Å². The number of alkyl halides is 3. The predicted octanol–water partition coefficient (Wildman–Crippen LogP) is 4.95. The number of carbonyl (C=O) groups is 1. The monoisotopic (exact) mass is 388 g/mol. The maximum Gasteiger partial charge on any atom is 0.398 e. The first-order valence-electron chi connectivity index (χ1n) is 7.13. The summed E-state index contributed by atoms with van der Waals surface area (Å²) >= 11 is 0.483. The lowest BCUT2D eigenvalue weighted by molar-refractivity contribution is -0.385. The van der Waals surface area contributed by atoms with Gasteiger partial charge in [0.05, 0.1) is 21.9 Å². The third-order valence-electron chi connectivity index (χ3n) is 3.30. The Morgan fingerprint density at radius 2 is 1.92 bits per heavy atom. The summed E-state index contributed by atoms with van der Waals surface area (Å²) in [5.41, 5.74) is -0.992. The minimum Gasteiger partial charge on any atom is -0.321 e. The zero-order valence-corrected chi connectivity index (χ0v) is 14.1. The molecule has 0 atom stereocenters. The van der Waals surface area contributed by atoms with E-state index in [4.69, 9.17) is 0 Å². The maximum atomic E-state index is 13.8. The molecule has 0 saturated heterocycles. The van der Waals surface area contributed by atoms with E-state index in [1.165, 1.54) is 31.2 Å². The van der Waals surface area contributed by atoms with E-state index in [1.54, 1.807) is 0 Å². The van der Waals surface area contributed by atoms with Crippen molar-refractivity contribution in [3.05, 3.63) is 63.5 Å². The highest BCUT2D eigenvalue weighted by Crippen LogP contribution is 2.32. The van der Waals surface area contributed by atoms with Gasteiger partial charge in [0.2, 0.25) is 0 Å². The van der Waals surface area contributed by atoms with Gasteiger partial charge in [0.1, 0.15) is 5.82 Å². The van der Waals surface area contributed by atoms with Crippen LogP contribution >= 0.6 is 11.8 Å². The van der Waals surface area contributed by atoms with Crippen LogP contribution in [0.15, 0.2) is 41.3 Å². The molecule has 0 aliphatic heterocycles. The van der Waals surface area contributed by atoms with E-state index in [0.717, 1.165) is 12.1 Å². The number of nitrogens with zero attached hydrogens (tertiary/aromatic N) is 1. The number of nitrogens with one attached hydrogen (secondary N) is 1. The van der Waals surface area contributed by atoms with Gasteiger partial charge in [-0.1, -0.05) is 12.1 Å². The van der Waals surface area contributed by atoms with Crippen molar-refractivity contribution in [2.45, 2.75) is 18.0 Å². The van der Waals surface area contributed by atoms with Gasteiger partial charge in [0.25, 0.3) is 11.6 Å². The average molecular weight is 388 g/mol. The van der Waals surface area contributed by atoms with Gasteiger partial charge in [-0.25, -0.2) is 4.39 Å². The highest BCUT2D eigenvalue weighted by atomic mass is 32.2. The molecule has 0 fully saturated rings. The van der Waals surface area contributed by atoms with E-state index in [9.17, 15) is 32.5 Å². The number of carbonyl (C=O) groups excluding carboxylic acids is 1. The predicted molar refractivity (Wildman–Crippen MR) is 89.0 cm³/mol.